The largest absolute Gasteiger partial charge is 0.476 e. The van der Waals surface area contributed by atoms with Crippen molar-refractivity contribution in [3.63, 3.8) is 0 Å². The minimum atomic E-state index is -3.19. The fourth-order valence-electron chi connectivity index (χ4n) is 1.42. The summed E-state index contributed by atoms with van der Waals surface area (Å²) in [7, 11) is -3.19. The van der Waals surface area contributed by atoms with Crippen LogP contribution in [0.3, 0.4) is 0 Å². The molecule has 96 valence electrons. The zero-order valence-electron chi connectivity index (χ0n) is 10.0. The molecule has 0 radical (unpaired) electrons. The van der Waals surface area contributed by atoms with E-state index in [1.165, 1.54) is 10.7 Å². The summed E-state index contributed by atoms with van der Waals surface area (Å²) in [5.41, 5.74) is 0.291. The van der Waals surface area contributed by atoms with Gasteiger partial charge in [0, 0.05) is 11.8 Å². The number of aromatic nitrogens is 2. The second-order valence-corrected chi connectivity index (χ2v) is 6.39. The van der Waals surface area contributed by atoms with Crippen LogP contribution in [0.4, 0.5) is 0 Å². The first-order chi connectivity index (χ1) is 7.76. The Morgan fingerprint density at radius 3 is 2.53 bits per heavy atom. The number of sulfone groups is 1. The molecule has 1 rings (SSSR count). The third-order valence-corrected chi connectivity index (χ3v) is 3.94. The van der Waals surface area contributed by atoms with Crippen LogP contribution in [0.15, 0.2) is 6.07 Å². The molecule has 0 saturated carbocycles. The van der Waals surface area contributed by atoms with Crippen molar-refractivity contribution in [1.29, 1.82) is 0 Å². The van der Waals surface area contributed by atoms with Crippen molar-refractivity contribution in [3.8, 4) is 0 Å². The first-order valence-electron chi connectivity index (χ1n) is 5.29. The predicted molar refractivity (Wildman–Crippen MR) is 62.7 cm³/mol. The number of aromatic carboxylic acids is 1. The van der Waals surface area contributed by atoms with Crippen molar-refractivity contribution in [2.45, 2.75) is 32.6 Å². The van der Waals surface area contributed by atoms with Gasteiger partial charge in [0.15, 0.2) is 15.5 Å². The molecule has 0 aromatic carbocycles. The summed E-state index contributed by atoms with van der Waals surface area (Å²) in [6.45, 7) is 5.20. The SMILES string of the molecule is CCS(=O)(=O)Cc1cc(C(=O)O)nn1C(C)C. The van der Waals surface area contributed by atoms with E-state index in [2.05, 4.69) is 5.10 Å². The zero-order valence-corrected chi connectivity index (χ0v) is 10.9. The van der Waals surface area contributed by atoms with Gasteiger partial charge in [0.1, 0.15) is 0 Å². The summed E-state index contributed by atoms with van der Waals surface area (Å²) in [5, 5.41) is 12.7. The van der Waals surface area contributed by atoms with Crippen LogP contribution < -0.4 is 0 Å². The van der Waals surface area contributed by atoms with E-state index in [0.717, 1.165) is 0 Å². The average molecular weight is 260 g/mol. The van der Waals surface area contributed by atoms with Gasteiger partial charge in [-0.1, -0.05) is 6.92 Å². The second kappa shape index (κ2) is 4.87. The quantitative estimate of drug-likeness (QED) is 0.856. The van der Waals surface area contributed by atoms with E-state index in [-0.39, 0.29) is 23.2 Å². The Kier molecular flexibility index (Phi) is 3.92. The summed E-state index contributed by atoms with van der Waals surface area (Å²) < 4.78 is 24.5. The number of rotatable bonds is 5. The predicted octanol–water partition coefficient (Wildman–Crippen LogP) is 1.10. The van der Waals surface area contributed by atoms with Gasteiger partial charge in [0.2, 0.25) is 0 Å². The highest BCUT2D eigenvalue weighted by atomic mass is 32.2. The van der Waals surface area contributed by atoms with Gasteiger partial charge in [-0.2, -0.15) is 5.10 Å². The minimum Gasteiger partial charge on any atom is -0.476 e. The highest BCUT2D eigenvalue weighted by Crippen LogP contribution is 2.14. The molecule has 0 aliphatic heterocycles. The van der Waals surface area contributed by atoms with E-state index < -0.39 is 15.8 Å². The van der Waals surface area contributed by atoms with Crippen molar-refractivity contribution in [1.82, 2.24) is 9.78 Å². The lowest BCUT2D eigenvalue weighted by molar-refractivity contribution is 0.0689. The molecule has 1 aromatic heterocycles. The molecule has 0 aliphatic rings. The van der Waals surface area contributed by atoms with Gasteiger partial charge >= 0.3 is 5.97 Å². The van der Waals surface area contributed by atoms with Crippen molar-refractivity contribution < 1.29 is 18.3 Å². The van der Waals surface area contributed by atoms with Crippen molar-refractivity contribution in [2.24, 2.45) is 0 Å². The highest BCUT2D eigenvalue weighted by Gasteiger charge is 2.19. The molecular formula is C10H16N2O4S. The van der Waals surface area contributed by atoms with Crippen LogP contribution in [-0.2, 0) is 15.6 Å². The first kappa shape index (κ1) is 13.7. The fraction of sp³-hybridized carbons (Fsp3) is 0.600. The lowest BCUT2D eigenvalue weighted by atomic mass is 10.3. The first-order valence-corrected chi connectivity index (χ1v) is 7.11. The Morgan fingerprint density at radius 2 is 2.12 bits per heavy atom. The number of carbonyl (C=O) groups is 1. The highest BCUT2D eigenvalue weighted by molar-refractivity contribution is 7.90. The Balaban J connectivity index is 3.18. The van der Waals surface area contributed by atoms with E-state index in [9.17, 15) is 13.2 Å². The van der Waals surface area contributed by atoms with Crippen LogP contribution in [0, 0.1) is 0 Å². The molecule has 0 bridgehead atoms. The number of hydrogen-bond acceptors (Lipinski definition) is 4. The summed E-state index contributed by atoms with van der Waals surface area (Å²) in [6, 6.07) is 1.24. The normalized spacial score (nSPS) is 12.0. The number of hydrogen-bond donors (Lipinski definition) is 1. The van der Waals surface area contributed by atoms with Crippen LogP contribution in [0.1, 0.15) is 43.0 Å². The van der Waals surface area contributed by atoms with Gasteiger partial charge in [-0.15, -0.1) is 0 Å². The molecule has 0 unspecified atom stereocenters. The van der Waals surface area contributed by atoms with Crippen LogP contribution in [0.25, 0.3) is 0 Å². The molecule has 1 heterocycles. The van der Waals surface area contributed by atoms with Crippen molar-refractivity contribution >= 4 is 15.8 Å². The summed E-state index contributed by atoms with van der Waals surface area (Å²) >= 11 is 0. The minimum absolute atomic E-state index is 0.0265. The summed E-state index contributed by atoms with van der Waals surface area (Å²) in [6.07, 6.45) is 0. The maximum Gasteiger partial charge on any atom is 0.356 e. The van der Waals surface area contributed by atoms with Crippen LogP contribution in [-0.4, -0.2) is 35.0 Å². The van der Waals surface area contributed by atoms with Gasteiger partial charge in [-0.05, 0) is 19.9 Å². The van der Waals surface area contributed by atoms with E-state index in [4.69, 9.17) is 5.11 Å². The van der Waals surface area contributed by atoms with E-state index in [1.807, 2.05) is 13.8 Å². The molecule has 0 aliphatic carbocycles. The lowest BCUT2D eigenvalue weighted by Gasteiger charge is -2.10. The Labute approximate surface area is 100 Å². The smallest absolute Gasteiger partial charge is 0.356 e. The zero-order chi connectivity index (χ0) is 13.2. The maximum absolute atomic E-state index is 11.5. The topological polar surface area (TPSA) is 89.3 Å². The van der Waals surface area contributed by atoms with Gasteiger partial charge in [0.25, 0.3) is 0 Å². The van der Waals surface area contributed by atoms with E-state index in [0.29, 0.717) is 5.69 Å². The van der Waals surface area contributed by atoms with Crippen LogP contribution >= 0.6 is 0 Å². The monoisotopic (exact) mass is 260 g/mol. The van der Waals surface area contributed by atoms with Crippen molar-refractivity contribution in [3.05, 3.63) is 17.5 Å². The van der Waals surface area contributed by atoms with Gasteiger partial charge < -0.3 is 5.11 Å². The molecule has 17 heavy (non-hydrogen) atoms. The molecule has 1 N–H and O–H groups in total. The van der Waals surface area contributed by atoms with E-state index in [1.54, 1.807) is 6.92 Å². The number of carboxylic acid groups (broad SMARTS) is 1. The maximum atomic E-state index is 11.5. The van der Waals surface area contributed by atoms with Gasteiger partial charge in [0.05, 0.1) is 11.4 Å². The number of carboxylic acids is 1. The third-order valence-electron chi connectivity index (χ3n) is 2.33. The van der Waals surface area contributed by atoms with E-state index >= 15 is 0 Å². The molecule has 1 aromatic rings. The van der Waals surface area contributed by atoms with Crippen LogP contribution in [0.5, 0.6) is 0 Å². The third kappa shape index (κ3) is 3.29. The summed E-state index contributed by atoms with van der Waals surface area (Å²) in [4.78, 5) is 10.8. The van der Waals surface area contributed by atoms with Gasteiger partial charge in [-0.3, -0.25) is 4.68 Å². The number of nitrogens with zero attached hydrogens (tertiary/aromatic N) is 2. The Morgan fingerprint density at radius 1 is 1.53 bits per heavy atom. The molecule has 0 spiro atoms. The Hall–Kier alpha value is -1.37. The molecular weight excluding hydrogens is 244 g/mol. The molecule has 6 nitrogen and oxygen atoms in total. The van der Waals surface area contributed by atoms with Crippen molar-refractivity contribution in [2.75, 3.05) is 5.75 Å². The lowest BCUT2D eigenvalue weighted by Crippen LogP contribution is -2.13. The summed E-state index contributed by atoms with van der Waals surface area (Å²) in [5.74, 6) is -1.31. The fourth-order valence-corrected chi connectivity index (χ4v) is 2.29. The van der Waals surface area contributed by atoms with Gasteiger partial charge in [-0.25, -0.2) is 13.2 Å². The van der Waals surface area contributed by atoms with Crippen LogP contribution in [0.2, 0.25) is 0 Å². The molecule has 0 saturated heterocycles. The molecule has 7 heteroatoms. The molecule has 0 amide bonds. The average Bonchev–Trinajstić information content (AvgIpc) is 2.61. The molecule has 0 fully saturated rings. The Bertz CT molecular complexity index is 516. The molecule has 0 atom stereocenters. The second-order valence-electron chi connectivity index (χ2n) is 4.04. The standard InChI is InChI=1S/C10H16N2O4S/c1-4-17(15,16)6-8-5-9(10(13)14)11-12(8)7(2)3/h5,7H,4,6H2,1-3H3,(H,13,14).